The van der Waals surface area contributed by atoms with Crippen LogP contribution in [0.25, 0.3) is 0 Å². The average molecular weight is 265 g/mol. The Morgan fingerprint density at radius 2 is 2.11 bits per heavy atom. The summed E-state index contributed by atoms with van der Waals surface area (Å²) in [6.45, 7) is 5.06. The molecule has 0 atom stereocenters. The quantitative estimate of drug-likeness (QED) is 0.887. The first kappa shape index (κ1) is 14.2. The lowest BCUT2D eigenvalue weighted by Gasteiger charge is -2.31. The maximum absolute atomic E-state index is 9.69. The summed E-state index contributed by atoms with van der Waals surface area (Å²) in [5.41, 5.74) is 1.16. The SMILES string of the molecule is CCOc1cc(CN(C)C2CCOCC2)ccc1O. The highest BCUT2D eigenvalue weighted by molar-refractivity contribution is 5.41. The van der Waals surface area contributed by atoms with E-state index >= 15 is 0 Å². The van der Waals surface area contributed by atoms with E-state index in [4.69, 9.17) is 9.47 Å². The van der Waals surface area contributed by atoms with Gasteiger partial charge in [-0.05, 0) is 44.5 Å². The van der Waals surface area contributed by atoms with Crippen molar-refractivity contribution in [1.29, 1.82) is 0 Å². The summed E-state index contributed by atoms with van der Waals surface area (Å²) < 4.78 is 10.8. The van der Waals surface area contributed by atoms with Crippen LogP contribution in [0.3, 0.4) is 0 Å². The van der Waals surface area contributed by atoms with Gasteiger partial charge in [0.15, 0.2) is 11.5 Å². The van der Waals surface area contributed by atoms with Gasteiger partial charge in [0.1, 0.15) is 0 Å². The molecule has 0 amide bonds. The average Bonchev–Trinajstić information content (AvgIpc) is 2.44. The van der Waals surface area contributed by atoms with Crippen molar-refractivity contribution in [3.05, 3.63) is 23.8 Å². The molecule has 4 heteroatoms. The number of phenolic OH excluding ortho intramolecular Hbond substituents is 1. The van der Waals surface area contributed by atoms with Gasteiger partial charge in [-0.3, -0.25) is 4.90 Å². The Balaban J connectivity index is 1.99. The fourth-order valence-electron chi connectivity index (χ4n) is 2.47. The minimum Gasteiger partial charge on any atom is -0.504 e. The summed E-state index contributed by atoms with van der Waals surface area (Å²) in [7, 11) is 2.14. The molecule has 1 saturated heterocycles. The zero-order chi connectivity index (χ0) is 13.7. The molecule has 1 aromatic carbocycles. The first-order chi connectivity index (χ1) is 9.20. The lowest BCUT2D eigenvalue weighted by atomic mass is 10.1. The van der Waals surface area contributed by atoms with E-state index in [2.05, 4.69) is 11.9 Å². The van der Waals surface area contributed by atoms with Crippen LogP contribution in [-0.2, 0) is 11.3 Å². The Kier molecular flexibility index (Phi) is 5.05. The standard InChI is InChI=1S/C15H23NO3/c1-3-19-15-10-12(4-5-14(15)17)11-16(2)13-6-8-18-9-7-13/h4-5,10,13,17H,3,6-9,11H2,1-2H3. The zero-order valence-electron chi connectivity index (χ0n) is 11.8. The van der Waals surface area contributed by atoms with Crippen LogP contribution in [0.5, 0.6) is 11.5 Å². The summed E-state index contributed by atoms with van der Waals surface area (Å²) in [5, 5.41) is 9.69. The monoisotopic (exact) mass is 265 g/mol. The maximum atomic E-state index is 9.69. The van der Waals surface area contributed by atoms with Crippen molar-refractivity contribution in [2.45, 2.75) is 32.4 Å². The van der Waals surface area contributed by atoms with Crippen LogP contribution < -0.4 is 4.74 Å². The maximum Gasteiger partial charge on any atom is 0.161 e. The molecule has 0 saturated carbocycles. The van der Waals surface area contributed by atoms with Gasteiger partial charge in [-0.15, -0.1) is 0 Å². The highest BCUT2D eigenvalue weighted by Gasteiger charge is 2.18. The van der Waals surface area contributed by atoms with E-state index in [-0.39, 0.29) is 5.75 Å². The largest absolute Gasteiger partial charge is 0.504 e. The van der Waals surface area contributed by atoms with Crippen LogP contribution in [0.2, 0.25) is 0 Å². The number of ether oxygens (including phenoxy) is 2. The molecule has 1 N–H and O–H groups in total. The number of aromatic hydroxyl groups is 1. The molecule has 1 aliphatic rings. The highest BCUT2D eigenvalue weighted by Crippen LogP contribution is 2.27. The Hall–Kier alpha value is -1.26. The van der Waals surface area contributed by atoms with Crippen LogP contribution in [-0.4, -0.2) is 42.9 Å². The van der Waals surface area contributed by atoms with Crippen molar-refractivity contribution in [3.63, 3.8) is 0 Å². The molecule has 0 bridgehead atoms. The molecule has 2 rings (SSSR count). The summed E-state index contributed by atoms with van der Waals surface area (Å²) in [6, 6.07) is 6.17. The predicted octanol–water partition coefficient (Wildman–Crippen LogP) is 2.40. The van der Waals surface area contributed by atoms with E-state index in [1.807, 2.05) is 19.1 Å². The predicted molar refractivity (Wildman–Crippen MR) is 74.6 cm³/mol. The van der Waals surface area contributed by atoms with Crippen molar-refractivity contribution in [1.82, 2.24) is 4.90 Å². The second-order valence-corrected chi connectivity index (χ2v) is 4.99. The molecule has 1 aliphatic heterocycles. The summed E-state index contributed by atoms with van der Waals surface area (Å²) in [6.07, 6.45) is 2.18. The third-order valence-electron chi connectivity index (χ3n) is 3.57. The molecule has 1 fully saturated rings. The molecule has 0 radical (unpaired) electrons. The normalized spacial score (nSPS) is 16.8. The molecule has 4 nitrogen and oxygen atoms in total. The minimum atomic E-state index is 0.208. The number of hydrogen-bond donors (Lipinski definition) is 1. The second-order valence-electron chi connectivity index (χ2n) is 4.99. The van der Waals surface area contributed by atoms with Gasteiger partial charge in [-0.25, -0.2) is 0 Å². The molecule has 0 spiro atoms. The molecular formula is C15H23NO3. The summed E-state index contributed by atoms with van der Waals surface area (Å²) >= 11 is 0. The van der Waals surface area contributed by atoms with Gasteiger partial charge in [-0.2, -0.15) is 0 Å². The van der Waals surface area contributed by atoms with Crippen molar-refractivity contribution >= 4 is 0 Å². The van der Waals surface area contributed by atoms with Crippen LogP contribution in [0.15, 0.2) is 18.2 Å². The van der Waals surface area contributed by atoms with E-state index in [9.17, 15) is 5.11 Å². The van der Waals surface area contributed by atoms with Gasteiger partial charge < -0.3 is 14.6 Å². The fourth-order valence-corrected chi connectivity index (χ4v) is 2.47. The molecule has 0 aromatic heterocycles. The van der Waals surface area contributed by atoms with Gasteiger partial charge in [0, 0.05) is 25.8 Å². The zero-order valence-corrected chi connectivity index (χ0v) is 11.8. The van der Waals surface area contributed by atoms with Gasteiger partial charge in [0.25, 0.3) is 0 Å². The lowest BCUT2D eigenvalue weighted by molar-refractivity contribution is 0.0406. The first-order valence-corrected chi connectivity index (χ1v) is 6.93. The number of rotatable bonds is 5. The molecular weight excluding hydrogens is 242 g/mol. The lowest BCUT2D eigenvalue weighted by Crippen LogP contribution is -2.36. The van der Waals surface area contributed by atoms with Crippen molar-refractivity contribution < 1.29 is 14.6 Å². The Morgan fingerprint density at radius 1 is 1.37 bits per heavy atom. The molecule has 0 unspecified atom stereocenters. The molecule has 106 valence electrons. The van der Waals surface area contributed by atoms with Crippen LogP contribution in [0, 0.1) is 0 Å². The number of hydrogen-bond acceptors (Lipinski definition) is 4. The van der Waals surface area contributed by atoms with Crippen molar-refractivity contribution in [3.8, 4) is 11.5 Å². The third kappa shape index (κ3) is 3.85. The van der Waals surface area contributed by atoms with Crippen molar-refractivity contribution in [2.75, 3.05) is 26.9 Å². The highest BCUT2D eigenvalue weighted by atomic mass is 16.5. The number of benzene rings is 1. The Labute approximate surface area is 114 Å². The van der Waals surface area contributed by atoms with E-state index in [1.165, 1.54) is 0 Å². The first-order valence-electron chi connectivity index (χ1n) is 6.93. The van der Waals surface area contributed by atoms with E-state index in [1.54, 1.807) is 6.07 Å². The molecule has 0 aliphatic carbocycles. The van der Waals surface area contributed by atoms with Crippen LogP contribution in [0.1, 0.15) is 25.3 Å². The topological polar surface area (TPSA) is 41.9 Å². The number of nitrogens with zero attached hydrogens (tertiary/aromatic N) is 1. The molecule has 1 heterocycles. The van der Waals surface area contributed by atoms with Crippen LogP contribution >= 0.6 is 0 Å². The molecule has 19 heavy (non-hydrogen) atoms. The van der Waals surface area contributed by atoms with Crippen LogP contribution in [0.4, 0.5) is 0 Å². The minimum absolute atomic E-state index is 0.208. The van der Waals surface area contributed by atoms with E-state index in [0.29, 0.717) is 18.4 Å². The van der Waals surface area contributed by atoms with Gasteiger partial charge in [-0.1, -0.05) is 6.07 Å². The Bertz CT molecular complexity index is 402. The van der Waals surface area contributed by atoms with E-state index in [0.717, 1.165) is 38.2 Å². The van der Waals surface area contributed by atoms with E-state index < -0.39 is 0 Å². The van der Waals surface area contributed by atoms with Crippen molar-refractivity contribution in [2.24, 2.45) is 0 Å². The smallest absolute Gasteiger partial charge is 0.161 e. The van der Waals surface area contributed by atoms with Gasteiger partial charge in [0.05, 0.1) is 6.61 Å². The second kappa shape index (κ2) is 6.78. The Morgan fingerprint density at radius 3 is 2.79 bits per heavy atom. The number of phenols is 1. The fraction of sp³-hybridized carbons (Fsp3) is 0.600. The summed E-state index contributed by atoms with van der Waals surface area (Å²) in [5.74, 6) is 0.777. The third-order valence-corrected chi connectivity index (χ3v) is 3.57. The summed E-state index contributed by atoms with van der Waals surface area (Å²) in [4.78, 5) is 2.35. The van der Waals surface area contributed by atoms with Gasteiger partial charge >= 0.3 is 0 Å². The van der Waals surface area contributed by atoms with Gasteiger partial charge in [0.2, 0.25) is 0 Å². The molecule has 1 aromatic rings.